The third-order valence-electron chi connectivity index (χ3n) is 3.66. The Morgan fingerprint density at radius 2 is 1.39 bits per heavy atom. The van der Waals surface area contributed by atoms with E-state index < -0.39 is 32.9 Å². The zero-order valence-corrected chi connectivity index (χ0v) is 16.5. The van der Waals surface area contributed by atoms with Crippen LogP contribution >= 0.6 is 10.7 Å². The highest BCUT2D eigenvalue weighted by atomic mass is 35.7. The second-order valence-corrected chi connectivity index (χ2v) is 8.78. The Morgan fingerprint density at radius 3 is 1.89 bits per heavy atom. The van der Waals surface area contributed by atoms with Gasteiger partial charge in [0.25, 0.3) is 0 Å². The molecule has 2 aromatic rings. The summed E-state index contributed by atoms with van der Waals surface area (Å²) >= 11 is 0. The molecular weight excluding hydrogens is 406 g/mol. The molecule has 2 rings (SSSR count). The van der Waals surface area contributed by atoms with E-state index in [4.69, 9.17) is 20.2 Å². The van der Waals surface area contributed by atoms with Crippen molar-refractivity contribution in [2.75, 3.05) is 5.75 Å². The predicted molar refractivity (Wildman–Crippen MR) is 104 cm³/mol. The second-order valence-electron chi connectivity index (χ2n) is 5.88. The molecule has 0 aliphatic carbocycles. The SMILES string of the molecule is O=C(N[C@@H](CCS(=O)(=O)Cl)C(=O)OCc1ccccc1)OCc1ccccc1. The molecule has 0 heterocycles. The largest absolute Gasteiger partial charge is 0.459 e. The van der Waals surface area contributed by atoms with Crippen molar-refractivity contribution in [1.82, 2.24) is 5.32 Å². The lowest BCUT2D eigenvalue weighted by Gasteiger charge is -2.17. The van der Waals surface area contributed by atoms with Crippen LogP contribution in [0, 0.1) is 0 Å². The van der Waals surface area contributed by atoms with Crippen LogP contribution in [0.15, 0.2) is 60.7 Å². The quantitative estimate of drug-likeness (QED) is 0.489. The third kappa shape index (κ3) is 8.41. The smallest absolute Gasteiger partial charge is 0.408 e. The number of alkyl carbamates (subject to hydrolysis) is 1. The molecule has 0 bridgehead atoms. The molecule has 0 unspecified atom stereocenters. The molecule has 9 heteroatoms. The number of nitrogens with one attached hydrogen (secondary N) is 1. The highest BCUT2D eigenvalue weighted by Gasteiger charge is 2.25. The molecule has 0 aromatic heterocycles. The van der Waals surface area contributed by atoms with Gasteiger partial charge in [-0.25, -0.2) is 18.0 Å². The number of ether oxygens (including phenoxy) is 2. The van der Waals surface area contributed by atoms with Crippen molar-refractivity contribution in [3.63, 3.8) is 0 Å². The van der Waals surface area contributed by atoms with E-state index in [0.29, 0.717) is 0 Å². The number of hydrogen-bond acceptors (Lipinski definition) is 6. The Labute approximate surface area is 168 Å². The van der Waals surface area contributed by atoms with Gasteiger partial charge in [-0.05, 0) is 17.5 Å². The summed E-state index contributed by atoms with van der Waals surface area (Å²) in [7, 11) is 1.37. The fourth-order valence-electron chi connectivity index (χ4n) is 2.24. The van der Waals surface area contributed by atoms with Crippen molar-refractivity contribution >= 4 is 31.8 Å². The zero-order valence-electron chi connectivity index (χ0n) is 14.9. The Morgan fingerprint density at radius 1 is 0.893 bits per heavy atom. The van der Waals surface area contributed by atoms with Gasteiger partial charge < -0.3 is 14.8 Å². The average Bonchev–Trinajstić information content (AvgIpc) is 2.68. The van der Waals surface area contributed by atoms with Crippen molar-refractivity contribution < 1.29 is 27.5 Å². The average molecular weight is 426 g/mol. The normalized spacial score (nSPS) is 12.0. The third-order valence-corrected chi connectivity index (χ3v) is 4.85. The van der Waals surface area contributed by atoms with Crippen LogP contribution in [0.4, 0.5) is 4.79 Å². The maximum absolute atomic E-state index is 12.3. The number of hydrogen-bond donors (Lipinski definition) is 1. The Bertz CT molecular complexity index is 874. The summed E-state index contributed by atoms with van der Waals surface area (Å²) in [5.41, 5.74) is 1.52. The highest BCUT2D eigenvalue weighted by molar-refractivity contribution is 8.13. The van der Waals surface area contributed by atoms with Gasteiger partial charge in [-0.15, -0.1) is 0 Å². The first-order valence-corrected chi connectivity index (χ1v) is 10.9. The van der Waals surface area contributed by atoms with E-state index in [-0.39, 0.29) is 19.6 Å². The molecule has 1 amide bonds. The number of amides is 1. The van der Waals surface area contributed by atoms with E-state index in [1.165, 1.54) is 0 Å². The number of carbonyl (C=O) groups is 2. The van der Waals surface area contributed by atoms with Crippen LogP contribution in [0.2, 0.25) is 0 Å². The summed E-state index contributed by atoms with van der Waals surface area (Å²) < 4.78 is 32.6. The molecule has 0 aliphatic rings. The first-order chi connectivity index (χ1) is 13.3. The van der Waals surface area contributed by atoms with Crippen LogP contribution in [0.25, 0.3) is 0 Å². The maximum Gasteiger partial charge on any atom is 0.408 e. The Kier molecular flexibility index (Phi) is 8.28. The van der Waals surface area contributed by atoms with Gasteiger partial charge in [-0.2, -0.15) is 0 Å². The lowest BCUT2D eigenvalue weighted by Crippen LogP contribution is -2.43. The van der Waals surface area contributed by atoms with Gasteiger partial charge in [-0.3, -0.25) is 0 Å². The van der Waals surface area contributed by atoms with Crippen LogP contribution in [-0.2, 0) is 36.5 Å². The van der Waals surface area contributed by atoms with Crippen LogP contribution in [0.3, 0.4) is 0 Å². The van der Waals surface area contributed by atoms with Crippen LogP contribution in [0.5, 0.6) is 0 Å². The maximum atomic E-state index is 12.3. The van der Waals surface area contributed by atoms with Crippen LogP contribution in [0.1, 0.15) is 17.5 Å². The zero-order chi connectivity index (χ0) is 20.4. The van der Waals surface area contributed by atoms with E-state index in [0.717, 1.165) is 11.1 Å². The summed E-state index contributed by atoms with van der Waals surface area (Å²) in [6.07, 6.45) is -1.10. The summed E-state index contributed by atoms with van der Waals surface area (Å²) in [6, 6.07) is 16.7. The van der Waals surface area contributed by atoms with E-state index >= 15 is 0 Å². The molecule has 2 aromatic carbocycles. The molecule has 0 aliphatic heterocycles. The van der Waals surface area contributed by atoms with Crippen LogP contribution < -0.4 is 5.32 Å². The van der Waals surface area contributed by atoms with Gasteiger partial charge in [-0.1, -0.05) is 60.7 Å². The van der Waals surface area contributed by atoms with Gasteiger partial charge in [0.05, 0.1) is 5.75 Å². The van der Waals surface area contributed by atoms with Gasteiger partial charge in [0.1, 0.15) is 19.3 Å². The number of benzene rings is 2. The lowest BCUT2D eigenvalue weighted by molar-refractivity contribution is -0.147. The fourth-order valence-corrected chi connectivity index (χ4v) is 3.03. The molecule has 1 atom stereocenters. The molecule has 0 spiro atoms. The van der Waals surface area contributed by atoms with Gasteiger partial charge in [0.15, 0.2) is 0 Å². The Hall–Kier alpha value is -2.58. The topological polar surface area (TPSA) is 98.8 Å². The van der Waals surface area contributed by atoms with E-state index in [1.54, 1.807) is 48.5 Å². The molecule has 0 saturated carbocycles. The standard InChI is InChI=1S/C19H20ClNO6S/c20-28(24,25)12-11-17(18(22)26-13-15-7-3-1-4-8-15)21-19(23)27-14-16-9-5-2-6-10-16/h1-10,17H,11-14H2,(H,21,23)/t17-/m0/s1. The summed E-state index contributed by atoms with van der Waals surface area (Å²) in [6.45, 7) is -0.00317. The van der Waals surface area contributed by atoms with E-state index in [2.05, 4.69) is 5.32 Å². The lowest BCUT2D eigenvalue weighted by atomic mass is 10.2. The molecular formula is C19H20ClNO6S. The molecule has 0 saturated heterocycles. The van der Waals surface area contributed by atoms with Crippen molar-refractivity contribution in [2.45, 2.75) is 25.7 Å². The highest BCUT2D eigenvalue weighted by Crippen LogP contribution is 2.08. The summed E-state index contributed by atoms with van der Waals surface area (Å²) in [5.74, 6) is -1.28. The summed E-state index contributed by atoms with van der Waals surface area (Å²) in [4.78, 5) is 24.3. The number of halogens is 1. The van der Waals surface area contributed by atoms with Crippen LogP contribution in [-0.4, -0.2) is 32.3 Å². The predicted octanol–water partition coefficient (Wildman–Crippen LogP) is 2.98. The van der Waals surface area contributed by atoms with Gasteiger partial charge in [0, 0.05) is 10.7 Å². The second kappa shape index (κ2) is 10.7. The number of rotatable bonds is 9. The minimum Gasteiger partial charge on any atom is -0.459 e. The molecule has 7 nitrogen and oxygen atoms in total. The Balaban J connectivity index is 1.93. The number of carbonyl (C=O) groups excluding carboxylic acids is 2. The number of esters is 1. The van der Waals surface area contributed by atoms with Gasteiger partial charge >= 0.3 is 12.1 Å². The first-order valence-electron chi connectivity index (χ1n) is 8.43. The molecule has 0 fully saturated rings. The van der Waals surface area contributed by atoms with E-state index in [9.17, 15) is 18.0 Å². The first kappa shape index (κ1) is 21.7. The van der Waals surface area contributed by atoms with Crippen molar-refractivity contribution in [3.8, 4) is 0 Å². The molecule has 150 valence electrons. The molecule has 28 heavy (non-hydrogen) atoms. The minimum atomic E-state index is -3.84. The van der Waals surface area contributed by atoms with E-state index in [1.807, 2.05) is 12.1 Å². The monoisotopic (exact) mass is 425 g/mol. The van der Waals surface area contributed by atoms with Crippen molar-refractivity contribution in [3.05, 3.63) is 71.8 Å². The van der Waals surface area contributed by atoms with Crippen molar-refractivity contribution in [1.29, 1.82) is 0 Å². The molecule has 1 N–H and O–H groups in total. The fraction of sp³-hybridized carbons (Fsp3) is 0.263. The molecule has 0 radical (unpaired) electrons. The minimum absolute atomic E-state index is 0.00621. The van der Waals surface area contributed by atoms with Crippen molar-refractivity contribution in [2.24, 2.45) is 0 Å². The van der Waals surface area contributed by atoms with Gasteiger partial charge in [0.2, 0.25) is 9.05 Å². The summed E-state index contributed by atoms with van der Waals surface area (Å²) in [5, 5.41) is 2.34.